The Kier molecular flexibility index (Phi) is 8.99. The lowest BCUT2D eigenvalue weighted by Crippen LogP contribution is -2.27. The van der Waals surface area contributed by atoms with Crippen LogP contribution in [0.2, 0.25) is 0 Å². The van der Waals surface area contributed by atoms with E-state index in [0.29, 0.717) is 18.5 Å². The average Bonchev–Trinajstić information content (AvgIpc) is 3.69. The van der Waals surface area contributed by atoms with E-state index >= 15 is 0 Å². The number of benzene rings is 4. The monoisotopic (exact) mass is 727 g/mol. The van der Waals surface area contributed by atoms with E-state index in [1.807, 2.05) is 24.5 Å². The SMILES string of the molecule is CC(C)c1cc(C(C)(C)C)cc(C(C)C)c1N1CN(c2cccc(Oc3ccc4c5ccccc5n(-c5cc(C(C)(C)C)ccn5)c4c3)c2)c2cccnc21. The lowest BCUT2D eigenvalue weighted by atomic mass is 9.81. The van der Waals surface area contributed by atoms with Gasteiger partial charge in [-0.2, -0.15) is 0 Å². The molecule has 0 N–H and O–H groups in total. The fraction of sp³-hybridized carbons (Fsp3) is 0.306. The molecular formula is C49H53N5O. The van der Waals surface area contributed by atoms with Crippen molar-refractivity contribution in [1.82, 2.24) is 14.5 Å². The minimum atomic E-state index is 0.00298. The summed E-state index contributed by atoms with van der Waals surface area (Å²) in [6.07, 6.45) is 3.83. The lowest BCUT2D eigenvalue weighted by Gasteiger charge is -2.31. The number of rotatable bonds is 7. The summed E-state index contributed by atoms with van der Waals surface area (Å²) in [5, 5.41) is 2.35. The summed E-state index contributed by atoms with van der Waals surface area (Å²) in [5.41, 5.74) is 11.0. The van der Waals surface area contributed by atoms with E-state index in [9.17, 15) is 0 Å². The van der Waals surface area contributed by atoms with Gasteiger partial charge in [-0.1, -0.05) is 106 Å². The first kappa shape index (κ1) is 36.4. The normalized spacial score (nSPS) is 13.5. The second-order valence-electron chi connectivity index (χ2n) is 17.7. The third-order valence-electron chi connectivity index (χ3n) is 11.0. The van der Waals surface area contributed by atoms with Crippen LogP contribution in [0.1, 0.15) is 103 Å². The molecule has 0 unspecified atom stereocenters. The van der Waals surface area contributed by atoms with Crippen molar-refractivity contribution in [2.24, 2.45) is 0 Å². The standard InChI is InChI=1S/C49H53N5O/c1-31(2)40-25-34(49(8,9)10)26-41(32(3)4)46(40)53-30-52(43-19-14-23-51-47(43)53)35-15-13-16-36(28-35)55-37-20-21-39-38-17-11-12-18-42(38)54(44(39)29-37)45-27-33(22-24-50-45)48(5,6)7/h11-29,31-32H,30H2,1-10H3. The maximum atomic E-state index is 6.71. The molecule has 0 bridgehead atoms. The van der Waals surface area contributed by atoms with Crippen LogP contribution < -0.4 is 14.5 Å². The van der Waals surface area contributed by atoms with Gasteiger partial charge in [0, 0.05) is 41.0 Å². The van der Waals surface area contributed by atoms with Crippen LogP contribution in [-0.4, -0.2) is 21.2 Å². The number of nitrogens with zero attached hydrogens (tertiary/aromatic N) is 5. The Morgan fingerprint density at radius 2 is 1.27 bits per heavy atom. The molecular weight excluding hydrogens is 675 g/mol. The molecule has 1 aliphatic rings. The number of aromatic nitrogens is 3. The zero-order chi connectivity index (χ0) is 38.8. The largest absolute Gasteiger partial charge is 0.457 e. The molecule has 0 saturated heterocycles. The number of para-hydroxylation sites is 1. The number of ether oxygens (including phenoxy) is 1. The van der Waals surface area contributed by atoms with Crippen molar-refractivity contribution < 1.29 is 4.74 Å². The molecule has 0 atom stereocenters. The lowest BCUT2D eigenvalue weighted by molar-refractivity contribution is 0.483. The molecule has 6 nitrogen and oxygen atoms in total. The number of anilines is 4. The van der Waals surface area contributed by atoms with Crippen LogP contribution in [0.25, 0.3) is 27.6 Å². The first-order valence-corrected chi connectivity index (χ1v) is 19.7. The van der Waals surface area contributed by atoms with Crippen molar-refractivity contribution in [2.75, 3.05) is 16.5 Å². The minimum Gasteiger partial charge on any atom is -0.457 e. The summed E-state index contributed by atoms with van der Waals surface area (Å²) in [4.78, 5) is 14.6. The molecule has 4 heterocycles. The Labute approximate surface area is 326 Å². The van der Waals surface area contributed by atoms with Crippen molar-refractivity contribution in [1.29, 1.82) is 0 Å². The Morgan fingerprint density at radius 3 is 1.98 bits per heavy atom. The smallest absolute Gasteiger partial charge is 0.158 e. The van der Waals surface area contributed by atoms with Gasteiger partial charge in [-0.15, -0.1) is 0 Å². The molecule has 3 aromatic heterocycles. The number of pyridine rings is 2. The van der Waals surface area contributed by atoms with Gasteiger partial charge in [0.25, 0.3) is 0 Å². The molecule has 280 valence electrons. The fourth-order valence-corrected chi connectivity index (χ4v) is 7.91. The molecule has 55 heavy (non-hydrogen) atoms. The molecule has 0 spiro atoms. The third-order valence-corrected chi connectivity index (χ3v) is 11.0. The zero-order valence-corrected chi connectivity index (χ0v) is 34.0. The van der Waals surface area contributed by atoms with Gasteiger partial charge in [0.1, 0.15) is 24.0 Å². The summed E-state index contributed by atoms with van der Waals surface area (Å²) < 4.78 is 8.97. The second-order valence-corrected chi connectivity index (χ2v) is 17.7. The number of hydrogen-bond donors (Lipinski definition) is 0. The van der Waals surface area contributed by atoms with Crippen LogP contribution >= 0.6 is 0 Å². The van der Waals surface area contributed by atoms with Crippen LogP contribution in [0.4, 0.5) is 22.9 Å². The van der Waals surface area contributed by atoms with E-state index in [2.05, 4.69) is 175 Å². The van der Waals surface area contributed by atoms with Crippen molar-refractivity contribution in [2.45, 2.75) is 91.9 Å². The van der Waals surface area contributed by atoms with E-state index in [1.54, 1.807) is 0 Å². The third kappa shape index (κ3) is 6.62. The van der Waals surface area contributed by atoms with E-state index < -0.39 is 0 Å². The summed E-state index contributed by atoms with van der Waals surface area (Å²) >= 11 is 0. The van der Waals surface area contributed by atoms with Gasteiger partial charge < -0.3 is 14.5 Å². The summed E-state index contributed by atoms with van der Waals surface area (Å²) in [5.74, 6) is 4.12. The molecule has 7 aromatic rings. The average molecular weight is 728 g/mol. The van der Waals surface area contributed by atoms with E-state index in [0.717, 1.165) is 50.9 Å². The van der Waals surface area contributed by atoms with Crippen LogP contribution in [0.3, 0.4) is 0 Å². The number of hydrogen-bond acceptors (Lipinski definition) is 5. The molecule has 1 aliphatic heterocycles. The van der Waals surface area contributed by atoms with E-state index in [-0.39, 0.29) is 10.8 Å². The van der Waals surface area contributed by atoms with Crippen LogP contribution in [0.15, 0.2) is 116 Å². The minimum absolute atomic E-state index is 0.00298. The molecule has 6 heteroatoms. The molecule has 0 fully saturated rings. The van der Waals surface area contributed by atoms with Crippen LogP contribution in [0, 0.1) is 0 Å². The topological polar surface area (TPSA) is 46.4 Å². The molecule has 4 aromatic carbocycles. The molecule has 0 radical (unpaired) electrons. The zero-order valence-electron chi connectivity index (χ0n) is 34.0. The highest BCUT2D eigenvalue weighted by Gasteiger charge is 2.34. The predicted molar refractivity (Wildman–Crippen MR) is 230 cm³/mol. The Morgan fingerprint density at radius 1 is 0.582 bits per heavy atom. The van der Waals surface area contributed by atoms with Crippen LogP contribution in [0.5, 0.6) is 11.5 Å². The second kappa shape index (κ2) is 13.6. The molecule has 0 amide bonds. The van der Waals surface area contributed by atoms with Gasteiger partial charge in [-0.05, 0) is 99.5 Å². The summed E-state index contributed by atoms with van der Waals surface area (Å²) in [6, 6.07) is 36.8. The summed E-state index contributed by atoms with van der Waals surface area (Å²) in [6.45, 7) is 23.5. The number of fused-ring (bicyclic) bond motifs is 4. The van der Waals surface area contributed by atoms with Crippen LogP contribution in [-0.2, 0) is 10.8 Å². The first-order valence-electron chi connectivity index (χ1n) is 19.7. The molecule has 0 aliphatic carbocycles. The fourth-order valence-electron chi connectivity index (χ4n) is 7.91. The highest BCUT2D eigenvalue weighted by atomic mass is 16.5. The first-order chi connectivity index (χ1) is 26.2. The molecule has 0 saturated carbocycles. The highest BCUT2D eigenvalue weighted by Crippen LogP contribution is 2.49. The van der Waals surface area contributed by atoms with Crippen molar-refractivity contribution in [3.05, 3.63) is 138 Å². The van der Waals surface area contributed by atoms with Crippen molar-refractivity contribution >= 4 is 44.7 Å². The van der Waals surface area contributed by atoms with Crippen molar-refractivity contribution in [3.8, 4) is 17.3 Å². The maximum Gasteiger partial charge on any atom is 0.158 e. The summed E-state index contributed by atoms with van der Waals surface area (Å²) in [7, 11) is 0. The van der Waals surface area contributed by atoms with Crippen molar-refractivity contribution in [3.63, 3.8) is 0 Å². The quantitative estimate of drug-likeness (QED) is 0.164. The highest BCUT2D eigenvalue weighted by molar-refractivity contribution is 6.09. The Hall–Kier alpha value is -5.62. The van der Waals surface area contributed by atoms with Gasteiger partial charge in [-0.25, -0.2) is 9.97 Å². The van der Waals surface area contributed by atoms with Gasteiger partial charge in [0.05, 0.1) is 22.4 Å². The molecule has 8 rings (SSSR count). The van der Waals surface area contributed by atoms with E-state index in [4.69, 9.17) is 14.7 Å². The van der Waals surface area contributed by atoms with Gasteiger partial charge in [0.15, 0.2) is 5.82 Å². The van der Waals surface area contributed by atoms with E-state index in [1.165, 1.54) is 33.3 Å². The predicted octanol–water partition coefficient (Wildman–Crippen LogP) is 13.5. The maximum absolute atomic E-state index is 6.71. The van der Waals surface area contributed by atoms with Gasteiger partial charge >= 0.3 is 0 Å². The van der Waals surface area contributed by atoms with Gasteiger partial charge in [-0.3, -0.25) is 4.57 Å². The Bertz CT molecular complexity index is 2520. The van der Waals surface area contributed by atoms with Gasteiger partial charge in [0.2, 0.25) is 0 Å². The Balaban J connectivity index is 1.17.